The van der Waals surface area contributed by atoms with Gasteiger partial charge in [-0.1, -0.05) is 25.4 Å². The third-order valence-electron chi connectivity index (χ3n) is 3.19. The third kappa shape index (κ3) is 11.9. The normalized spacial score (nSPS) is 10.9. The van der Waals surface area contributed by atoms with Crippen molar-refractivity contribution in [2.45, 2.75) is 52.2 Å². The summed E-state index contributed by atoms with van der Waals surface area (Å²) in [6.07, 6.45) is 0.251. The van der Waals surface area contributed by atoms with Crippen molar-refractivity contribution in [3.8, 4) is 5.75 Å². The molecule has 0 aliphatic carbocycles. The minimum absolute atomic E-state index is 0. The van der Waals surface area contributed by atoms with E-state index in [4.69, 9.17) is 25.8 Å². The number of hydrogen-bond donors (Lipinski definition) is 1. The smallest absolute Gasteiger partial charge is 0.427 e. The van der Waals surface area contributed by atoms with Crippen LogP contribution in [0.1, 0.15) is 46.0 Å². The fraction of sp³-hybridized carbons (Fsp3) is 0.500. The van der Waals surface area contributed by atoms with E-state index in [0.29, 0.717) is 30.0 Å². The number of hydrogen-bond acceptors (Lipinski definition) is 6. The number of nitrogens with one attached hydrogen (secondary N) is 1. The van der Waals surface area contributed by atoms with Gasteiger partial charge in [-0.2, -0.15) is 0 Å². The van der Waals surface area contributed by atoms with Crippen molar-refractivity contribution < 1.29 is 58.2 Å². The second-order valence-electron chi connectivity index (χ2n) is 5.43. The fourth-order valence-electron chi connectivity index (χ4n) is 1.88. The van der Waals surface area contributed by atoms with Crippen LogP contribution in [0.5, 0.6) is 5.75 Å². The van der Waals surface area contributed by atoms with Gasteiger partial charge < -0.3 is 19.5 Å². The number of rotatable bonds is 10. The molecule has 27 heavy (non-hydrogen) atoms. The molecule has 1 aromatic rings. The number of alkyl carbamates (subject to hydrolysis) is 1. The van der Waals surface area contributed by atoms with E-state index < -0.39 is 24.3 Å². The van der Waals surface area contributed by atoms with Gasteiger partial charge in [-0.3, -0.25) is 9.59 Å². The van der Waals surface area contributed by atoms with Crippen LogP contribution in [0.15, 0.2) is 24.3 Å². The van der Waals surface area contributed by atoms with Gasteiger partial charge in [0.05, 0.1) is 0 Å². The SMILES string of the molecule is CCCC(OC(=O)CC)OC(=O)NCCCC(=O)Oc1ccc(Cl)cc1.[Na+]. The minimum atomic E-state index is -0.901. The molecule has 1 atom stereocenters. The zero-order valence-electron chi connectivity index (χ0n) is 16.0. The largest absolute Gasteiger partial charge is 1.00 e. The zero-order valence-corrected chi connectivity index (χ0v) is 18.7. The molecule has 0 spiro atoms. The molecule has 0 radical (unpaired) electrons. The summed E-state index contributed by atoms with van der Waals surface area (Å²) >= 11 is 5.75. The monoisotopic (exact) mass is 408 g/mol. The van der Waals surface area contributed by atoms with Crippen LogP contribution in [-0.4, -0.2) is 30.9 Å². The maximum atomic E-state index is 11.7. The van der Waals surface area contributed by atoms with E-state index in [1.54, 1.807) is 31.2 Å². The predicted octanol–water partition coefficient (Wildman–Crippen LogP) is 0.835. The second-order valence-corrected chi connectivity index (χ2v) is 5.86. The molecule has 1 aromatic carbocycles. The molecule has 1 unspecified atom stereocenters. The Kier molecular flexibility index (Phi) is 14.0. The average molecular weight is 409 g/mol. The third-order valence-corrected chi connectivity index (χ3v) is 3.44. The summed E-state index contributed by atoms with van der Waals surface area (Å²) in [5.41, 5.74) is 0. The Morgan fingerprint density at radius 1 is 1.07 bits per heavy atom. The fourth-order valence-corrected chi connectivity index (χ4v) is 2.00. The van der Waals surface area contributed by atoms with Gasteiger partial charge in [0.25, 0.3) is 0 Å². The molecule has 9 heteroatoms. The van der Waals surface area contributed by atoms with Crippen LogP contribution in [0.25, 0.3) is 0 Å². The Hall–Kier alpha value is -1.28. The maximum Gasteiger partial charge on any atom is 1.00 e. The maximum absolute atomic E-state index is 11.7. The molecule has 1 amide bonds. The molecular formula is C18H24ClNNaO6+. The van der Waals surface area contributed by atoms with Gasteiger partial charge in [0, 0.05) is 30.8 Å². The number of carbonyl (C=O) groups excluding carboxylic acids is 3. The molecule has 1 N–H and O–H groups in total. The number of halogens is 1. The molecule has 7 nitrogen and oxygen atoms in total. The van der Waals surface area contributed by atoms with Gasteiger partial charge >= 0.3 is 47.6 Å². The average Bonchev–Trinajstić information content (AvgIpc) is 2.60. The van der Waals surface area contributed by atoms with Crippen LogP contribution in [-0.2, 0) is 19.1 Å². The summed E-state index contributed by atoms with van der Waals surface area (Å²) in [5, 5.41) is 3.07. The first kappa shape index (κ1) is 25.7. The zero-order chi connectivity index (χ0) is 19.4. The van der Waals surface area contributed by atoms with Crippen LogP contribution in [0, 0.1) is 0 Å². The molecule has 0 saturated heterocycles. The van der Waals surface area contributed by atoms with E-state index >= 15 is 0 Å². The van der Waals surface area contributed by atoms with Crippen molar-refractivity contribution in [1.29, 1.82) is 0 Å². The van der Waals surface area contributed by atoms with E-state index in [1.807, 2.05) is 6.92 Å². The van der Waals surface area contributed by atoms with E-state index in [1.165, 1.54) is 0 Å². The number of esters is 2. The van der Waals surface area contributed by atoms with E-state index in [9.17, 15) is 14.4 Å². The summed E-state index contributed by atoms with van der Waals surface area (Å²) in [6.45, 7) is 3.78. The van der Waals surface area contributed by atoms with Crippen LogP contribution >= 0.6 is 11.6 Å². The molecule has 0 aliphatic rings. The number of amides is 1. The van der Waals surface area contributed by atoms with Crippen LogP contribution in [0.2, 0.25) is 5.02 Å². The summed E-state index contributed by atoms with van der Waals surface area (Å²) in [5.74, 6) is -0.434. The van der Waals surface area contributed by atoms with Crippen molar-refractivity contribution in [3.05, 3.63) is 29.3 Å². The summed E-state index contributed by atoms with van der Waals surface area (Å²) in [4.78, 5) is 34.7. The van der Waals surface area contributed by atoms with E-state index in [0.717, 1.165) is 0 Å². The first-order valence-electron chi connectivity index (χ1n) is 8.54. The van der Waals surface area contributed by atoms with Gasteiger partial charge in [-0.25, -0.2) is 4.79 Å². The van der Waals surface area contributed by atoms with Crippen molar-refractivity contribution in [3.63, 3.8) is 0 Å². The molecule has 0 aromatic heterocycles. The molecule has 0 fully saturated rings. The number of benzene rings is 1. The van der Waals surface area contributed by atoms with Crippen molar-refractivity contribution in [1.82, 2.24) is 5.32 Å². The first-order chi connectivity index (χ1) is 12.4. The molecule has 0 aliphatic heterocycles. The van der Waals surface area contributed by atoms with Gasteiger partial charge in [-0.05, 0) is 37.1 Å². The Morgan fingerprint density at radius 3 is 2.33 bits per heavy atom. The van der Waals surface area contributed by atoms with Gasteiger partial charge in [0.2, 0.25) is 6.29 Å². The summed E-state index contributed by atoms with van der Waals surface area (Å²) in [6, 6.07) is 6.45. The Balaban J connectivity index is 0.00000676. The standard InChI is InChI=1S/C18H24ClNO6.Na/c1-3-6-17(25-15(21)4-2)26-18(23)20-12-5-7-16(22)24-14-10-8-13(19)9-11-14;/h8-11,17H,3-7,12H2,1-2H3,(H,20,23);/q;+1. The topological polar surface area (TPSA) is 90.9 Å². The molecular weight excluding hydrogens is 385 g/mol. The molecule has 144 valence electrons. The van der Waals surface area contributed by atoms with Crippen LogP contribution in [0.4, 0.5) is 4.79 Å². The molecule has 0 heterocycles. The summed E-state index contributed by atoms with van der Waals surface area (Å²) in [7, 11) is 0. The van der Waals surface area contributed by atoms with Crippen molar-refractivity contribution >= 4 is 29.6 Å². The molecule has 1 rings (SSSR count). The van der Waals surface area contributed by atoms with Gasteiger partial charge in [-0.15, -0.1) is 0 Å². The predicted molar refractivity (Wildman–Crippen MR) is 95.9 cm³/mol. The van der Waals surface area contributed by atoms with Gasteiger partial charge in [0.15, 0.2) is 0 Å². The van der Waals surface area contributed by atoms with Crippen LogP contribution < -0.4 is 39.6 Å². The second kappa shape index (κ2) is 14.7. The molecule has 0 bridgehead atoms. The van der Waals surface area contributed by atoms with Crippen LogP contribution in [0.3, 0.4) is 0 Å². The Labute approximate surface area is 186 Å². The summed E-state index contributed by atoms with van der Waals surface area (Å²) < 4.78 is 15.2. The van der Waals surface area contributed by atoms with E-state index in [-0.39, 0.29) is 48.9 Å². The minimum Gasteiger partial charge on any atom is -0.427 e. The van der Waals surface area contributed by atoms with Crippen molar-refractivity contribution in [2.24, 2.45) is 0 Å². The number of ether oxygens (including phenoxy) is 3. The van der Waals surface area contributed by atoms with Crippen molar-refractivity contribution in [2.75, 3.05) is 6.54 Å². The Morgan fingerprint density at radius 2 is 1.74 bits per heavy atom. The van der Waals surface area contributed by atoms with E-state index in [2.05, 4.69) is 5.32 Å². The first-order valence-corrected chi connectivity index (χ1v) is 8.92. The number of carbonyl (C=O) groups is 3. The van der Waals surface area contributed by atoms with Gasteiger partial charge in [0.1, 0.15) is 5.75 Å². The Bertz CT molecular complexity index is 596. The quantitative estimate of drug-likeness (QED) is 0.203. The molecule has 0 saturated carbocycles.